The number of hydrogen-bond acceptors (Lipinski definition) is 7. The Bertz CT molecular complexity index is 1200. The molecular weight excluding hydrogens is 587 g/mol. The second kappa shape index (κ2) is 14.3. The van der Waals surface area contributed by atoms with Gasteiger partial charge in [-0.05, 0) is 38.5 Å². The van der Waals surface area contributed by atoms with Gasteiger partial charge in [0.2, 0.25) is 0 Å². The van der Waals surface area contributed by atoms with Crippen LogP contribution in [-0.4, -0.2) is 59.1 Å². The van der Waals surface area contributed by atoms with Crippen LogP contribution in [0.3, 0.4) is 0 Å². The first kappa shape index (κ1) is 33.6. The van der Waals surface area contributed by atoms with Crippen LogP contribution in [-0.2, 0) is 24.5 Å². The van der Waals surface area contributed by atoms with Gasteiger partial charge in [0.15, 0.2) is 5.69 Å². The van der Waals surface area contributed by atoms with Gasteiger partial charge in [-0.2, -0.15) is 35.5 Å². The van der Waals surface area contributed by atoms with Crippen LogP contribution >= 0.6 is 11.6 Å². The zero-order valence-electron chi connectivity index (χ0n) is 21.9. The monoisotopic (exact) mass is 616 g/mol. The maximum Gasteiger partial charge on any atom is 0.391 e. The van der Waals surface area contributed by atoms with Crippen LogP contribution in [0.25, 0.3) is 11.3 Å². The van der Waals surface area contributed by atoms with E-state index in [1.807, 2.05) is 0 Å². The summed E-state index contributed by atoms with van der Waals surface area (Å²) >= 11 is 5.73. The number of halogens is 6. The average Bonchev–Trinajstić information content (AvgIpc) is 3.20. The molecule has 0 radical (unpaired) electrons. The molecule has 1 amide bonds. The Morgan fingerprint density at radius 2 is 1.93 bits per heavy atom. The maximum atomic E-state index is 13.2. The second-order valence-electron chi connectivity index (χ2n) is 9.68. The van der Waals surface area contributed by atoms with Gasteiger partial charge >= 0.3 is 24.4 Å². The highest BCUT2D eigenvalue weighted by Crippen LogP contribution is 2.39. The van der Waals surface area contributed by atoms with Gasteiger partial charge in [-0.3, -0.25) is 14.5 Å². The molecule has 0 spiro atoms. The standard InChI is InChI=1S/C24H30ClF5N4O3.O2S/c1-4-34-20(16-11-31-15(9-14(3)24(28,29)30)10-17(16)37-22(26)27)18(25)19(33-34)21(35)32-12-23(36)7-5-13(2)6-8-23;1-3-2/h10-11,13-14,22,36H,4-9,12H2,1-3H3,(H,32,35);. The molecule has 2 heterocycles. The van der Waals surface area contributed by atoms with Crippen molar-refractivity contribution in [1.29, 1.82) is 0 Å². The van der Waals surface area contributed by atoms with Crippen molar-refractivity contribution in [2.24, 2.45) is 11.8 Å². The van der Waals surface area contributed by atoms with Crippen molar-refractivity contribution in [3.8, 4) is 17.0 Å². The summed E-state index contributed by atoms with van der Waals surface area (Å²) in [5, 5.41) is 17.4. The van der Waals surface area contributed by atoms with E-state index in [9.17, 15) is 31.9 Å². The Kier molecular flexibility index (Phi) is 12.0. The lowest BCUT2D eigenvalue weighted by Crippen LogP contribution is -2.45. The van der Waals surface area contributed by atoms with E-state index in [0.29, 0.717) is 18.8 Å². The first-order valence-electron chi connectivity index (χ1n) is 12.3. The molecule has 1 saturated carbocycles. The van der Waals surface area contributed by atoms with Crippen molar-refractivity contribution in [3.63, 3.8) is 0 Å². The lowest BCUT2D eigenvalue weighted by atomic mass is 9.79. The molecule has 9 nitrogen and oxygen atoms in total. The molecule has 16 heteroatoms. The third kappa shape index (κ3) is 8.93. The Morgan fingerprint density at radius 3 is 2.45 bits per heavy atom. The van der Waals surface area contributed by atoms with E-state index in [1.54, 1.807) is 6.92 Å². The van der Waals surface area contributed by atoms with E-state index < -0.39 is 54.0 Å². The second-order valence-corrected chi connectivity index (χ2v) is 10.2. The van der Waals surface area contributed by atoms with Crippen molar-refractivity contribution in [3.05, 3.63) is 28.7 Å². The number of aliphatic hydroxyl groups is 1. The van der Waals surface area contributed by atoms with E-state index in [1.165, 1.54) is 4.68 Å². The fraction of sp³-hybridized carbons (Fsp3) is 0.625. The normalized spacial score (nSPS) is 19.9. The zero-order valence-corrected chi connectivity index (χ0v) is 23.5. The quantitative estimate of drug-likeness (QED) is 0.382. The van der Waals surface area contributed by atoms with E-state index >= 15 is 0 Å². The van der Waals surface area contributed by atoms with Crippen molar-refractivity contribution < 1.29 is 45.0 Å². The molecule has 224 valence electrons. The number of amides is 1. The number of ether oxygens (including phenoxy) is 1. The zero-order chi connectivity index (χ0) is 30.3. The molecule has 0 saturated heterocycles. The highest BCUT2D eigenvalue weighted by atomic mass is 35.5. The van der Waals surface area contributed by atoms with Crippen molar-refractivity contribution in [2.75, 3.05) is 6.54 Å². The summed E-state index contributed by atoms with van der Waals surface area (Å²) in [7, 11) is 0. The van der Waals surface area contributed by atoms with Crippen molar-refractivity contribution in [1.82, 2.24) is 20.1 Å². The number of rotatable bonds is 9. The maximum absolute atomic E-state index is 13.2. The topological polar surface area (TPSA) is 123 Å². The highest BCUT2D eigenvalue weighted by molar-refractivity contribution is 7.51. The summed E-state index contributed by atoms with van der Waals surface area (Å²) in [6, 6.07) is 1.01. The number of hydrogen-bond donors (Lipinski definition) is 2. The Labute approximate surface area is 236 Å². The SMILES string of the molecule is CCn1nc(C(=O)NCC2(O)CCC(C)CC2)c(Cl)c1-c1cnc(CC(C)C(F)(F)F)cc1OC(F)F.O=S=O. The van der Waals surface area contributed by atoms with E-state index in [2.05, 4.69) is 27.1 Å². The van der Waals surface area contributed by atoms with E-state index in [-0.39, 0.29) is 40.8 Å². The van der Waals surface area contributed by atoms with Gasteiger partial charge in [-0.1, -0.05) is 25.4 Å². The lowest BCUT2D eigenvalue weighted by molar-refractivity contribution is -0.169. The number of carbonyl (C=O) groups excluding carboxylic acids is 1. The van der Waals surface area contributed by atoms with Crippen molar-refractivity contribution in [2.45, 2.75) is 77.8 Å². The van der Waals surface area contributed by atoms with Gasteiger partial charge < -0.3 is 15.2 Å². The minimum atomic E-state index is -4.49. The van der Waals surface area contributed by atoms with Crippen LogP contribution in [0.1, 0.15) is 62.6 Å². The summed E-state index contributed by atoms with van der Waals surface area (Å²) < 4.78 is 87.8. The number of pyridine rings is 1. The third-order valence-corrected chi connectivity index (χ3v) is 7.02. The highest BCUT2D eigenvalue weighted by Gasteiger charge is 2.37. The number of nitrogens with zero attached hydrogens (tertiary/aromatic N) is 3. The van der Waals surface area contributed by atoms with Gasteiger partial charge in [0.25, 0.3) is 5.91 Å². The predicted molar refractivity (Wildman–Crippen MR) is 136 cm³/mol. The summed E-state index contributed by atoms with van der Waals surface area (Å²) in [6.07, 6.45) is -1.21. The third-order valence-electron chi connectivity index (χ3n) is 6.66. The molecule has 40 heavy (non-hydrogen) atoms. The smallest absolute Gasteiger partial charge is 0.391 e. The van der Waals surface area contributed by atoms with Crippen LogP contribution in [0.4, 0.5) is 22.0 Å². The molecule has 3 rings (SSSR count). The molecule has 2 N–H and O–H groups in total. The largest absolute Gasteiger partial charge is 0.434 e. The number of alkyl halides is 5. The lowest BCUT2D eigenvalue weighted by Gasteiger charge is -2.34. The van der Waals surface area contributed by atoms with E-state index in [0.717, 1.165) is 32.0 Å². The minimum absolute atomic E-state index is 0.00339. The fourth-order valence-electron chi connectivity index (χ4n) is 4.27. The average molecular weight is 617 g/mol. The molecule has 1 unspecified atom stereocenters. The predicted octanol–water partition coefficient (Wildman–Crippen LogP) is 4.96. The molecular formula is C24H30ClF5N4O5S. The van der Waals surface area contributed by atoms with E-state index in [4.69, 9.17) is 20.0 Å². The number of aromatic nitrogens is 3. The van der Waals surface area contributed by atoms with Gasteiger partial charge in [0, 0.05) is 37.5 Å². The molecule has 2 aromatic rings. The fourth-order valence-corrected chi connectivity index (χ4v) is 4.59. The summed E-state index contributed by atoms with van der Waals surface area (Å²) in [6.45, 7) is 1.65. The molecule has 1 atom stereocenters. The molecule has 1 aliphatic rings. The first-order valence-corrected chi connectivity index (χ1v) is 13.4. The molecule has 1 aliphatic carbocycles. The summed E-state index contributed by atoms with van der Waals surface area (Å²) in [5.74, 6) is -2.36. The van der Waals surface area contributed by atoms with Crippen LogP contribution in [0.5, 0.6) is 5.75 Å². The molecule has 0 bridgehead atoms. The summed E-state index contributed by atoms with van der Waals surface area (Å²) in [4.78, 5) is 16.9. The van der Waals surface area contributed by atoms with Gasteiger partial charge in [0.1, 0.15) is 5.75 Å². The van der Waals surface area contributed by atoms with Crippen molar-refractivity contribution >= 4 is 29.1 Å². The number of carbonyl (C=O) groups is 1. The molecule has 2 aromatic heterocycles. The Balaban J connectivity index is 0.00000178. The van der Waals surface area contributed by atoms with Crippen LogP contribution < -0.4 is 10.1 Å². The molecule has 1 fully saturated rings. The van der Waals surface area contributed by atoms with Crippen LogP contribution in [0.15, 0.2) is 12.3 Å². The first-order chi connectivity index (χ1) is 18.7. The van der Waals surface area contributed by atoms with Gasteiger partial charge in [-0.25, -0.2) is 0 Å². The van der Waals surface area contributed by atoms with Gasteiger partial charge in [0.05, 0.1) is 27.8 Å². The Morgan fingerprint density at radius 1 is 1.32 bits per heavy atom. The molecule has 0 aliphatic heterocycles. The number of nitrogens with one attached hydrogen (secondary N) is 1. The molecule has 0 aromatic carbocycles. The Hall–Kier alpha value is -2.65. The van der Waals surface area contributed by atoms with Gasteiger partial charge in [-0.15, -0.1) is 0 Å². The van der Waals surface area contributed by atoms with Crippen LogP contribution in [0, 0.1) is 11.8 Å². The number of aryl methyl sites for hydroxylation is 1. The van der Waals surface area contributed by atoms with Crippen LogP contribution in [0.2, 0.25) is 5.02 Å². The summed E-state index contributed by atoms with van der Waals surface area (Å²) in [5.41, 5.74) is -1.34. The minimum Gasteiger partial charge on any atom is -0.434 e.